The third-order valence-corrected chi connectivity index (χ3v) is 4.58. The van der Waals surface area contributed by atoms with Gasteiger partial charge >= 0.3 is 0 Å². The van der Waals surface area contributed by atoms with Crippen molar-refractivity contribution in [2.45, 2.75) is 64.4 Å². The molecule has 1 saturated carbocycles. The van der Waals surface area contributed by atoms with Crippen LogP contribution in [0.2, 0.25) is 0 Å². The van der Waals surface area contributed by atoms with Gasteiger partial charge in [0.1, 0.15) is 6.73 Å². The fourth-order valence-electron chi connectivity index (χ4n) is 3.52. The Balaban J connectivity index is 1.67. The maximum atomic E-state index is 5.75. The number of fused-ring (bicyclic) bond motifs is 1. The van der Waals surface area contributed by atoms with Crippen molar-refractivity contribution in [2.24, 2.45) is 5.92 Å². The lowest BCUT2D eigenvalue weighted by Crippen LogP contribution is -2.56. The molecule has 0 bridgehead atoms. The molecule has 0 amide bonds. The quantitative estimate of drug-likeness (QED) is 0.715. The van der Waals surface area contributed by atoms with E-state index in [-0.39, 0.29) is 0 Å². The Hall–Kier alpha value is -0.120. The van der Waals surface area contributed by atoms with Crippen molar-refractivity contribution in [3.05, 3.63) is 0 Å². The standard InChI is InChI=1S/C13H24N2O/c1-10(2)12-8-14(13-15(12)9-16-13)11-6-4-3-5-7-11/h10-13H,3-9H2,1-2H3. The van der Waals surface area contributed by atoms with Gasteiger partial charge in [0.2, 0.25) is 0 Å². The molecule has 0 N–H and O–H groups in total. The van der Waals surface area contributed by atoms with Crippen LogP contribution in [-0.4, -0.2) is 41.5 Å². The second-order valence-electron chi connectivity index (χ2n) is 5.94. The predicted molar refractivity (Wildman–Crippen MR) is 63.8 cm³/mol. The molecule has 2 atom stereocenters. The fourth-order valence-corrected chi connectivity index (χ4v) is 3.52. The second-order valence-corrected chi connectivity index (χ2v) is 5.94. The van der Waals surface area contributed by atoms with E-state index in [1.807, 2.05) is 0 Å². The van der Waals surface area contributed by atoms with Crippen LogP contribution in [0.1, 0.15) is 46.0 Å². The van der Waals surface area contributed by atoms with Gasteiger partial charge in [-0.3, -0.25) is 4.90 Å². The van der Waals surface area contributed by atoms with Gasteiger partial charge in [-0.2, -0.15) is 0 Å². The molecule has 0 aromatic rings. The SMILES string of the molecule is CC(C)C1CN(C2CCCCC2)C2OCN12. The average Bonchev–Trinajstić information content (AvgIpc) is 2.51. The summed E-state index contributed by atoms with van der Waals surface area (Å²) in [7, 11) is 0. The zero-order valence-electron chi connectivity index (χ0n) is 10.6. The van der Waals surface area contributed by atoms with Gasteiger partial charge in [-0.1, -0.05) is 33.1 Å². The van der Waals surface area contributed by atoms with Crippen molar-refractivity contribution in [1.29, 1.82) is 0 Å². The van der Waals surface area contributed by atoms with E-state index < -0.39 is 0 Å². The maximum Gasteiger partial charge on any atom is 0.172 e. The Bertz CT molecular complexity index is 250. The summed E-state index contributed by atoms with van der Waals surface area (Å²) in [5.74, 6) is 0.750. The van der Waals surface area contributed by atoms with Crippen LogP contribution in [0.4, 0.5) is 0 Å². The molecule has 3 rings (SSSR count). The van der Waals surface area contributed by atoms with Gasteiger partial charge < -0.3 is 4.74 Å². The lowest BCUT2D eigenvalue weighted by atomic mass is 9.94. The molecule has 0 spiro atoms. The smallest absolute Gasteiger partial charge is 0.172 e. The molecule has 2 aliphatic heterocycles. The summed E-state index contributed by atoms with van der Waals surface area (Å²) in [4.78, 5) is 5.17. The van der Waals surface area contributed by atoms with E-state index in [0.717, 1.165) is 24.7 Å². The summed E-state index contributed by atoms with van der Waals surface area (Å²) >= 11 is 0. The summed E-state index contributed by atoms with van der Waals surface area (Å²) in [6, 6.07) is 1.52. The van der Waals surface area contributed by atoms with E-state index in [9.17, 15) is 0 Å². The van der Waals surface area contributed by atoms with Gasteiger partial charge in [0.15, 0.2) is 6.35 Å². The van der Waals surface area contributed by atoms with Crippen LogP contribution in [0.5, 0.6) is 0 Å². The van der Waals surface area contributed by atoms with Crippen LogP contribution in [0.3, 0.4) is 0 Å². The van der Waals surface area contributed by atoms with Gasteiger partial charge in [-0.15, -0.1) is 0 Å². The van der Waals surface area contributed by atoms with Crippen molar-refractivity contribution in [3.8, 4) is 0 Å². The predicted octanol–water partition coefficient (Wildman–Crippen LogP) is 2.23. The zero-order valence-corrected chi connectivity index (χ0v) is 10.6. The van der Waals surface area contributed by atoms with E-state index in [2.05, 4.69) is 23.6 Å². The minimum atomic E-state index is 0.329. The summed E-state index contributed by atoms with van der Waals surface area (Å²) in [5, 5.41) is 0. The highest BCUT2D eigenvalue weighted by Crippen LogP contribution is 2.36. The van der Waals surface area contributed by atoms with Crippen molar-refractivity contribution in [1.82, 2.24) is 9.80 Å². The minimum Gasteiger partial charge on any atom is -0.334 e. The van der Waals surface area contributed by atoms with Gasteiger partial charge in [-0.05, 0) is 18.8 Å². The van der Waals surface area contributed by atoms with Crippen LogP contribution in [0, 0.1) is 5.92 Å². The molecule has 0 radical (unpaired) electrons. The molecule has 2 saturated heterocycles. The summed E-state index contributed by atoms with van der Waals surface area (Å²) in [6.07, 6.45) is 7.38. The molecule has 3 heteroatoms. The molecule has 2 unspecified atom stereocenters. The Morgan fingerprint density at radius 2 is 1.81 bits per heavy atom. The number of hydrogen-bond acceptors (Lipinski definition) is 3. The largest absolute Gasteiger partial charge is 0.334 e. The van der Waals surface area contributed by atoms with Crippen LogP contribution < -0.4 is 0 Å². The molecular formula is C13H24N2O. The topological polar surface area (TPSA) is 15.7 Å². The summed E-state index contributed by atoms with van der Waals surface area (Å²) in [5.41, 5.74) is 0. The molecular weight excluding hydrogens is 200 g/mol. The van der Waals surface area contributed by atoms with Crippen molar-refractivity contribution in [3.63, 3.8) is 0 Å². The summed E-state index contributed by atoms with van der Waals surface area (Å²) in [6.45, 7) is 6.76. The zero-order chi connectivity index (χ0) is 11.1. The Labute approximate surface area is 98.7 Å². The Kier molecular flexibility index (Phi) is 2.94. The summed E-state index contributed by atoms with van der Waals surface area (Å²) < 4.78 is 5.75. The van der Waals surface area contributed by atoms with Crippen molar-refractivity contribution >= 4 is 0 Å². The fraction of sp³-hybridized carbons (Fsp3) is 1.00. The molecule has 3 aliphatic rings. The average molecular weight is 224 g/mol. The van der Waals surface area contributed by atoms with Crippen molar-refractivity contribution < 1.29 is 4.74 Å². The number of rotatable bonds is 2. The highest BCUT2D eigenvalue weighted by molar-refractivity contribution is 4.94. The highest BCUT2D eigenvalue weighted by atomic mass is 16.6. The van der Waals surface area contributed by atoms with E-state index >= 15 is 0 Å². The van der Waals surface area contributed by atoms with E-state index in [0.29, 0.717) is 6.35 Å². The second kappa shape index (κ2) is 4.28. The first kappa shape index (κ1) is 11.0. The first-order valence-corrected chi connectivity index (χ1v) is 6.90. The van der Waals surface area contributed by atoms with E-state index in [1.165, 1.54) is 38.6 Å². The van der Waals surface area contributed by atoms with Gasteiger partial charge in [-0.25, -0.2) is 4.90 Å². The minimum absolute atomic E-state index is 0.329. The number of nitrogens with zero attached hydrogens (tertiary/aromatic N) is 2. The molecule has 2 heterocycles. The van der Waals surface area contributed by atoms with E-state index in [4.69, 9.17) is 4.74 Å². The third-order valence-electron chi connectivity index (χ3n) is 4.58. The monoisotopic (exact) mass is 224 g/mol. The highest BCUT2D eigenvalue weighted by Gasteiger charge is 2.49. The Morgan fingerprint density at radius 1 is 1.06 bits per heavy atom. The molecule has 3 nitrogen and oxygen atoms in total. The Morgan fingerprint density at radius 3 is 2.31 bits per heavy atom. The molecule has 0 aromatic heterocycles. The van der Waals surface area contributed by atoms with Crippen LogP contribution in [0.15, 0.2) is 0 Å². The van der Waals surface area contributed by atoms with Crippen LogP contribution in [-0.2, 0) is 4.74 Å². The van der Waals surface area contributed by atoms with Crippen LogP contribution in [0.25, 0.3) is 0 Å². The van der Waals surface area contributed by atoms with Gasteiger partial charge in [0.05, 0.1) is 0 Å². The molecule has 92 valence electrons. The number of ether oxygens (including phenoxy) is 1. The van der Waals surface area contributed by atoms with Gasteiger partial charge in [0.25, 0.3) is 0 Å². The molecule has 1 aliphatic carbocycles. The maximum absolute atomic E-state index is 5.75. The molecule has 0 aromatic carbocycles. The molecule has 3 fully saturated rings. The van der Waals surface area contributed by atoms with Crippen molar-refractivity contribution in [2.75, 3.05) is 13.3 Å². The molecule has 16 heavy (non-hydrogen) atoms. The first-order valence-electron chi connectivity index (χ1n) is 6.90. The normalized spacial score (nSPS) is 37.7. The first-order chi connectivity index (χ1) is 7.77. The number of hydrogen-bond donors (Lipinski definition) is 0. The lowest BCUT2D eigenvalue weighted by molar-refractivity contribution is -0.265. The lowest BCUT2D eigenvalue weighted by Gasteiger charge is -2.43. The van der Waals surface area contributed by atoms with Crippen LogP contribution >= 0.6 is 0 Å². The van der Waals surface area contributed by atoms with Gasteiger partial charge in [0, 0.05) is 18.6 Å². The third kappa shape index (κ3) is 1.69. The van der Waals surface area contributed by atoms with E-state index in [1.54, 1.807) is 0 Å².